The van der Waals surface area contributed by atoms with Crippen LogP contribution in [0.15, 0.2) is 0 Å². The summed E-state index contributed by atoms with van der Waals surface area (Å²) in [5.74, 6) is 0.744. The van der Waals surface area contributed by atoms with Gasteiger partial charge < -0.3 is 11.1 Å². The minimum atomic E-state index is 0.223. The molecule has 0 aliphatic heterocycles. The Bertz CT molecular complexity index is 331. The van der Waals surface area contributed by atoms with E-state index in [1.54, 1.807) is 0 Å². The second kappa shape index (κ2) is 7.62. The summed E-state index contributed by atoms with van der Waals surface area (Å²) < 4.78 is 0. The lowest BCUT2D eigenvalue weighted by Crippen LogP contribution is -2.46. The Labute approximate surface area is 131 Å². The first-order chi connectivity index (χ1) is 9.66. The van der Waals surface area contributed by atoms with Crippen molar-refractivity contribution in [3.8, 4) is 0 Å². The number of nitrogens with two attached hydrogens (primary N) is 1. The van der Waals surface area contributed by atoms with E-state index >= 15 is 0 Å². The van der Waals surface area contributed by atoms with Gasteiger partial charge in [0.05, 0.1) is 0 Å². The van der Waals surface area contributed by atoms with Crippen LogP contribution in [-0.2, 0) is 4.79 Å². The molecule has 3 N–H and O–H groups in total. The molecular weight excluding hydrogens is 260 g/mol. The summed E-state index contributed by atoms with van der Waals surface area (Å²) in [6.07, 6.45) is 7.47. The van der Waals surface area contributed by atoms with Gasteiger partial charge in [-0.3, -0.25) is 4.79 Å². The number of amides is 1. The first-order valence-corrected chi connectivity index (χ1v) is 8.66. The molecule has 1 aliphatic carbocycles. The van der Waals surface area contributed by atoms with E-state index in [4.69, 9.17) is 5.73 Å². The van der Waals surface area contributed by atoms with Crippen LogP contribution >= 0.6 is 0 Å². The zero-order chi connectivity index (χ0) is 16.1. The Balaban J connectivity index is 2.46. The summed E-state index contributed by atoms with van der Waals surface area (Å²) in [4.78, 5) is 12.3. The van der Waals surface area contributed by atoms with Crippen molar-refractivity contribution in [1.29, 1.82) is 0 Å². The van der Waals surface area contributed by atoms with Crippen LogP contribution in [0.2, 0.25) is 0 Å². The molecule has 0 bridgehead atoms. The Kier molecular flexibility index (Phi) is 6.71. The third kappa shape index (κ3) is 5.98. The zero-order valence-corrected chi connectivity index (χ0v) is 14.8. The van der Waals surface area contributed by atoms with Crippen molar-refractivity contribution in [2.24, 2.45) is 22.5 Å². The second-order valence-electron chi connectivity index (χ2n) is 8.53. The Morgan fingerprint density at radius 2 is 1.95 bits per heavy atom. The van der Waals surface area contributed by atoms with Crippen LogP contribution < -0.4 is 11.1 Å². The molecule has 1 fully saturated rings. The molecule has 124 valence electrons. The molecule has 1 rings (SSSR count). The van der Waals surface area contributed by atoms with Crippen molar-refractivity contribution in [3.63, 3.8) is 0 Å². The average molecular weight is 296 g/mol. The summed E-state index contributed by atoms with van der Waals surface area (Å²) in [5, 5.41) is 3.29. The Morgan fingerprint density at radius 3 is 2.48 bits per heavy atom. The third-order valence-electron chi connectivity index (χ3n) is 5.30. The van der Waals surface area contributed by atoms with E-state index in [-0.39, 0.29) is 16.7 Å². The molecule has 0 aromatic rings. The highest BCUT2D eigenvalue weighted by atomic mass is 16.1. The Morgan fingerprint density at radius 1 is 1.29 bits per heavy atom. The molecule has 2 unspecified atom stereocenters. The fourth-order valence-corrected chi connectivity index (χ4v) is 3.54. The van der Waals surface area contributed by atoms with Crippen molar-refractivity contribution in [2.75, 3.05) is 6.54 Å². The smallest absolute Gasteiger partial charge is 0.220 e. The van der Waals surface area contributed by atoms with Gasteiger partial charge in [0.25, 0.3) is 0 Å². The van der Waals surface area contributed by atoms with E-state index in [0.29, 0.717) is 24.9 Å². The molecule has 0 radical (unpaired) electrons. The van der Waals surface area contributed by atoms with E-state index in [0.717, 1.165) is 19.3 Å². The molecule has 0 aromatic carbocycles. The molecule has 21 heavy (non-hydrogen) atoms. The van der Waals surface area contributed by atoms with Crippen LogP contribution in [0.3, 0.4) is 0 Å². The normalized spacial score (nSPS) is 23.6. The van der Waals surface area contributed by atoms with Crippen LogP contribution in [0.25, 0.3) is 0 Å². The molecule has 2 atom stereocenters. The van der Waals surface area contributed by atoms with Crippen molar-refractivity contribution in [1.82, 2.24) is 5.32 Å². The van der Waals surface area contributed by atoms with Gasteiger partial charge in [-0.15, -0.1) is 0 Å². The maximum Gasteiger partial charge on any atom is 0.220 e. The zero-order valence-electron chi connectivity index (χ0n) is 14.8. The maximum atomic E-state index is 12.3. The SMILES string of the molecule is CC(C)(C)C(CCN)CCC(=O)NC1CCCCC1(C)C. The van der Waals surface area contributed by atoms with Gasteiger partial charge in [0, 0.05) is 12.5 Å². The molecule has 0 saturated heterocycles. The molecule has 3 nitrogen and oxygen atoms in total. The largest absolute Gasteiger partial charge is 0.353 e. The summed E-state index contributed by atoms with van der Waals surface area (Å²) >= 11 is 0. The van der Waals surface area contributed by atoms with Crippen molar-refractivity contribution >= 4 is 5.91 Å². The van der Waals surface area contributed by atoms with E-state index in [2.05, 4.69) is 39.9 Å². The second-order valence-corrected chi connectivity index (χ2v) is 8.53. The number of carbonyl (C=O) groups is 1. The van der Waals surface area contributed by atoms with Gasteiger partial charge in [0.1, 0.15) is 0 Å². The van der Waals surface area contributed by atoms with Gasteiger partial charge in [-0.25, -0.2) is 0 Å². The van der Waals surface area contributed by atoms with Crippen LogP contribution in [0.4, 0.5) is 0 Å². The fraction of sp³-hybridized carbons (Fsp3) is 0.944. The number of nitrogens with one attached hydrogen (secondary N) is 1. The standard InChI is InChI=1S/C18H36N2O/c1-17(2,3)14(11-13-19)9-10-16(21)20-15-8-6-7-12-18(15,4)5/h14-15H,6-13,19H2,1-5H3,(H,20,21). The third-order valence-corrected chi connectivity index (χ3v) is 5.30. The molecule has 0 aromatic heterocycles. The van der Waals surface area contributed by atoms with Crippen molar-refractivity contribution < 1.29 is 4.79 Å². The van der Waals surface area contributed by atoms with Gasteiger partial charge in [-0.2, -0.15) is 0 Å². The average Bonchev–Trinajstić information content (AvgIpc) is 2.35. The van der Waals surface area contributed by atoms with Crippen molar-refractivity contribution in [3.05, 3.63) is 0 Å². The number of hydrogen-bond donors (Lipinski definition) is 2. The van der Waals surface area contributed by atoms with Crippen molar-refractivity contribution in [2.45, 2.75) is 85.6 Å². The minimum absolute atomic E-state index is 0.223. The number of carbonyl (C=O) groups excluding carboxylic acids is 1. The molecule has 1 amide bonds. The fourth-order valence-electron chi connectivity index (χ4n) is 3.54. The van der Waals surface area contributed by atoms with Crippen LogP contribution in [0, 0.1) is 16.7 Å². The molecule has 0 spiro atoms. The predicted molar refractivity (Wildman–Crippen MR) is 90.0 cm³/mol. The van der Waals surface area contributed by atoms with Gasteiger partial charge in [-0.1, -0.05) is 47.5 Å². The van der Waals surface area contributed by atoms with E-state index in [9.17, 15) is 4.79 Å². The quantitative estimate of drug-likeness (QED) is 0.782. The molecular formula is C18H36N2O. The molecule has 0 heterocycles. The Hall–Kier alpha value is -0.570. The van der Waals surface area contributed by atoms with Crippen LogP contribution in [0.1, 0.15) is 79.6 Å². The molecule has 1 saturated carbocycles. The van der Waals surface area contributed by atoms with Gasteiger partial charge in [0.15, 0.2) is 0 Å². The molecule has 1 aliphatic rings. The first-order valence-electron chi connectivity index (χ1n) is 8.66. The lowest BCUT2D eigenvalue weighted by molar-refractivity contribution is -0.123. The lowest BCUT2D eigenvalue weighted by Gasteiger charge is -2.39. The summed E-state index contributed by atoms with van der Waals surface area (Å²) in [6, 6.07) is 0.348. The van der Waals surface area contributed by atoms with E-state index in [1.807, 2.05) is 0 Å². The van der Waals surface area contributed by atoms with E-state index in [1.165, 1.54) is 19.3 Å². The van der Waals surface area contributed by atoms with Gasteiger partial charge >= 0.3 is 0 Å². The summed E-state index contributed by atoms with van der Waals surface area (Å²) in [5.41, 5.74) is 6.19. The molecule has 3 heteroatoms. The highest BCUT2D eigenvalue weighted by Crippen LogP contribution is 2.36. The van der Waals surface area contributed by atoms with Gasteiger partial charge in [0.2, 0.25) is 5.91 Å². The maximum absolute atomic E-state index is 12.3. The van der Waals surface area contributed by atoms with Crippen LogP contribution in [-0.4, -0.2) is 18.5 Å². The lowest BCUT2D eigenvalue weighted by atomic mass is 9.73. The highest BCUT2D eigenvalue weighted by molar-refractivity contribution is 5.76. The summed E-state index contributed by atoms with van der Waals surface area (Å²) in [6.45, 7) is 12.0. The van der Waals surface area contributed by atoms with E-state index < -0.39 is 0 Å². The summed E-state index contributed by atoms with van der Waals surface area (Å²) in [7, 11) is 0. The first kappa shape index (κ1) is 18.5. The van der Waals surface area contributed by atoms with Crippen LogP contribution in [0.5, 0.6) is 0 Å². The predicted octanol–water partition coefficient (Wildman–Crippen LogP) is 3.86. The number of rotatable bonds is 6. The minimum Gasteiger partial charge on any atom is -0.353 e. The topological polar surface area (TPSA) is 55.1 Å². The number of hydrogen-bond acceptors (Lipinski definition) is 2. The highest BCUT2D eigenvalue weighted by Gasteiger charge is 2.33. The monoisotopic (exact) mass is 296 g/mol. The van der Waals surface area contributed by atoms with Gasteiger partial charge in [-0.05, 0) is 49.0 Å².